The first-order chi connectivity index (χ1) is 45.0. The van der Waals surface area contributed by atoms with Crippen LogP contribution in [0, 0.1) is 41.4 Å². The first-order valence-electron chi connectivity index (χ1n) is 34.2. The van der Waals surface area contributed by atoms with Crippen LogP contribution in [0.2, 0.25) is 0 Å². The summed E-state index contributed by atoms with van der Waals surface area (Å²) in [4.78, 5) is 187. The van der Waals surface area contributed by atoms with Crippen LogP contribution in [0.15, 0.2) is 36.4 Å². The molecule has 1 aromatic carbocycles. The molecule has 0 bridgehead atoms. The fourth-order valence-corrected chi connectivity index (χ4v) is 12.6. The van der Waals surface area contributed by atoms with Crippen LogP contribution in [0.25, 0.3) is 0 Å². The van der Waals surface area contributed by atoms with Crippen LogP contribution in [0.5, 0.6) is 0 Å². The number of rotatable bonds is 16. The number of amides is 11. The average molecular weight is 1360 g/mol. The van der Waals surface area contributed by atoms with Gasteiger partial charge in [0.1, 0.15) is 60.4 Å². The van der Waals surface area contributed by atoms with Crippen molar-refractivity contribution in [3.63, 3.8) is 0 Å². The molecule has 3 rings (SSSR count). The molecular formula is C71H117N11O15. The highest BCUT2D eigenvalue weighted by atomic mass is 16.5. The van der Waals surface area contributed by atoms with Gasteiger partial charge in [0.2, 0.25) is 59.1 Å². The lowest BCUT2D eigenvalue weighted by Gasteiger charge is -2.43. The third-order valence-corrected chi connectivity index (χ3v) is 18.5. The van der Waals surface area contributed by atoms with Crippen molar-refractivity contribution < 1.29 is 72.1 Å². The highest BCUT2D eigenvalue weighted by Gasteiger charge is 2.54. The molecule has 2 aliphatic heterocycles. The van der Waals surface area contributed by atoms with Crippen molar-refractivity contribution in [2.24, 2.45) is 41.4 Å². The molecule has 26 heteroatoms. The minimum absolute atomic E-state index is 0.0966. The summed E-state index contributed by atoms with van der Waals surface area (Å²) in [6, 6.07) is -7.37. The summed E-state index contributed by atoms with van der Waals surface area (Å²) in [7, 11) is 11.0. The van der Waals surface area contributed by atoms with Crippen molar-refractivity contribution in [2.75, 3.05) is 63.0 Å². The number of ether oxygens (including phenoxy) is 2. The van der Waals surface area contributed by atoms with Crippen molar-refractivity contribution >= 4 is 70.9 Å². The Bertz CT molecular complexity index is 2950. The van der Waals surface area contributed by atoms with Crippen LogP contribution < -0.4 is 16.0 Å². The normalized spacial score (nSPS) is 27.2. The third kappa shape index (κ3) is 21.3. The van der Waals surface area contributed by atoms with Crippen LogP contribution in [0.1, 0.15) is 172 Å². The summed E-state index contributed by atoms with van der Waals surface area (Å²) in [5.74, 6) is -11.4. The number of fused-ring (bicyclic) bond motifs is 1. The van der Waals surface area contributed by atoms with Crippen LogP contribution in [0.4, 0.5) is 0 Å². The number of allylic oxidation sites excluding steroid dienone is 2. The van der Waals surface area contributed by atoms with Crippen LogP contribution >= 0.6 is 0 Å². The van der Waals surface area contributed by atoms with Gasteiger partial charge in [0.05, 0.1) is 31.4 Å². The SMILES string of the molecule is C/C=C/C[C@@H](C)[C@@H](O)[C@H]1C(=O)N2[C@@H](c3ccc(C(=O)OC)cc3)O[C@@H](C)[C@@H]2C(=O)N(C)CC(=O)N(C)[C@@H](CC(C)C)C(=O)N[C@@H](C(C)C)C(=O)N(C)[C@@H](CC(C)C)C(=O)N[C@@H](C)C(=O)N[C@H](C)C(=O)N(C)[C@@H](CC(C)C)C(=O)N(C)[C@@H](CC(C)C)C(=O)N(C)[C@@H](C(C)C)C(=O)N1C. The molecular weight excluding hydrogens is 1250 g/mol. The van der Waals surface area contributed by atoms with Crippen LogP contribution in [-0.4, -0.2) is 251 Å². The summed E-state index contributed by atoms with van der Waals surface area (Å²) < 4.78 is 11.5. The molecule has 14 atom stereocenters. The summed E-state index contributed by atoms with van der Waals surface area (Å²) in [5.41, 5.74) is 0.427. The van der Waals surface area contributed by atoms with Crippen molar-refractivity contribution in [1.29, 1.82) is 0 Å². The van der Waals surface area contributed by atoms with Gasteiger partial charge in [0.15, 0.2) is 6.23 Å². The molecule has 1 aromatic rings. The molecule has 11 amide bonds. The number of nitrogens with zero attached hydrogens (tertiary/aromatic N) is 8. The number of carbonyl (C=O) groups is 12. The molecule has 2 aliphatic rings. The molecule has 2 fully saturated rings. The number of benzene rings is 1. The maximum Gasteiger partial charge on any atom is 0.337 e. The zero-order valence-corrected chi connectivity index (χ0v) is 62.5. The predicted molar refractivity (Wildman–Crippen MR) is 368 cm³/mol. The van der Waals surface area contributed by atoms with Crippen molar-refractivity contribution in [1.82, 2.24) is 55.1 Å². The largest absolute Gasteiger partial charge is 0.465 e. The van der Waals surface area contributed by atoms with Crippen molar-refractivity contribution in [3.8, 4) is 0 Å². The molecule has 0 radical (unpaired) electrons. The van der Waals surface area contributed by atoms with Gasteiger partial charge in [-0.2, -0.15) is 0 Å². The molecule has 546 valence electrons. The molecule has 0 aliphatic carbocycles. The highest BCUT2D eigenvalue weighted by molar-refractivity contribution is 6.00. The Kier molecular flexibility index (Phi) is 31.9. The topological polar surface area (TPSA) is 306 Å². The number of likely N-dealkylation sites (N-methyl/N-ethyl adjacent to an activating group) is 7. The Morgan fingerprint density at radius 2 is 0.979 bits per heavy atom. The summed E-state index contributed by atoms with van der Waals surface area (Å²) in [6.07, 6.45) is -0.00162. The minimum Gasteiger partial charge on any atom is -0.465 e. The van der Waals surface area contributed by atoms with Gasteiger partial charge in [0, 0.05) is 54.9 Å². The maximum atomic E-state index is 16.3. The quantitative estimate of drug-likeness (QED) is 0.131. The summed E-state index contributed by atoms with van der Waals surface area (Å²) in [6.45, 7) is 28.9. The lowest BCUT2D eigenvalue weighted by molar-refractivity contribution is -0.162. The number of aliphatic hydroxyl groups is 1. The number of methoxy groups -OCH3 is 1. The summed E-state index contributed by atoms with van der Waals surface area (Å²) in [5, 5.41) is 21.0. The monoisotopic (exact) mass is 1360 g/mol. The lowest BCUT2D eigenvalue weighted by atomic mass is 9.90. The van der Waals surface area contributed by atoms with E-state index in [-0.39, 0.29) is 66.9 Å². The Morgan fingerprint density at radius 3 is 1.45 bits per heavy atom. The number of nitrogens with one attached hydrogen (secondary N) is 3. The predicted octanol–water partition coefficient (Wildman–Crippen LogP) is 4.48. The second-order valence-electron chi connectivity index (χ2n) is 29.1. The van der Waals surface area contributed by atoms with E-state index in [1.165, 1.54) is 119 Å². The number of hydrogen-bond donors (Lipinski definition) is 4. The molecule has 97 heavy (non-hydrogen) atoms. The van der Waals surface area contributed by atoms with Gasteiger partial charge in [-0.05, 0) is 113 Å². The maximum absolute atomic E-state index is 16.3. The van der Waals surface area contributed by atoms with Gasteiger partial charge in [-0.3, -0.25) is 57.6 Å². The van der Waals surface area contributed by atoms with E-state index in [2.05, 4.69) is 16.0 Å². The van der Waals surface area contributed by atoms with Crippen molar-refractivity contribution in [3.05, 3.63) is 47.5 Å². The fraction of sp³-hybridized carbons (Fsp3) is 0.718. The van der Waals surface area contributed by atoms with E-state index in [1.54, 1.807) is 60.6 Å². The molecule has 2 saturated heterocycles. The van der Waals surface area contributed by atoms with Gasteiger partial charge in [-0.15, -0.1) is 0 Å². The number of hydrogen-bond acceptors (Lipinski definition) is 15. The molecule has 2 heterocycles. The standard InChI is InChI=1S/C71H117N11O15/c1-26-27-28-44(14)59(84)58-69(94)82-57(47(17)97-70(82)48-29-31-49(32-30-48)71(95)96-25)67(92)75(18)37-54(83)76(19)50(33-38(2)3)62(87)74-55(42(10)11)66(91)77(20)51(34-39(4)5)61(86)72-45(15)60(85)73-46(16)63(88)78(21)52(35-40(6)7)64(89)79(22)53(36-41(8)9)65(90)80(23)56(43(12)13)68(93)81(58)24/h26-27,29-32,38-47,50-53,55-59,70,84H,28,33-37H2,1-25H3,(H,72,86)(H,73,85)(H,74,87)/b27-26+/t44-,45+,46-,47+,50+,51+,52+,53+,55+,56+,57-,58+,59-,70-/m1/s1. The van der Waals surface area contributed by atoms with Crippen molar-refractivity contribution in [2.45, 2.75) is 229 Å². The first kappa shape index (κ1) is 83.7. The lowest BCUT2D eigenvalue weighted by Crippen LogP contribution is -2.64. The zero-order chi connectivity index (χ0) is 74.3. The smallest absolute Gasteiger partial charge is 0.337 e. The van der Waals surface area contributed by atoms with Gasteiger partial charge in [-0.25, -0.2) is 4.79 Å². The second-order valence-corrected chi connectivity index (χ2v) is 29.1. The molecule has 26 nitrogen and oxygen atoms in total. The zero-order valence-electron chi connectivity index (χ0n) is 62.5. The Labute approximate surface area is 576 Å². The fourth-order valence-electron chi connectivity index (χ4n) is 12.6. The van der Waals surface area contributed by atoms with Gasteiger partial charge in [0.25, 0.3) is 5.91 Å². The molecule has 0 saturated carbocycles. The molecule has 0 unspecified atom stereocenters. The number of aliphatic hydroxyl groups excluding tert-OH is 1. The van der Waals surface area contributed by atoms with Gasteiger partial charge >= 0.3 is 5.97 Å². The van der Waals surface area contributed by atoms with E-state index in [1.807, 2.05) is 55.4 Å². The van der Waals surface area contributed by atoms with Gasteiger partial charge in [-0.1, -0.05) is 114 Å². The number of carbonyl (C=O) groups excluding carboxylic acids is 12. The highest BCUT2D eigenvalue weighted by Crippen LogP contribution is 2.38. The third-order valence-electron chi connectivity index (χ3n) is 18.5. The first-order valence-corrected chi connectivity index (χ1v) is 34.2. The number of esters is 1. The minimum atomic E-state index is -1.81. The van der Waals surface area contributed by atoms with E-state index >= 15 is 24.0 Å². The summed E-state index contributed by atoms with van der Waals surface area (Å²) >= 11 is 0. The molecule has 0 spiro atoms. The Balaban J connectivity index is 2.49. The molecule has 4 N–H and O–H groups in total. The Morgan fingerprint density at radius 1 is 0.536 bits per heavy atom. The van der Waals surface area contributed by atoms with E-state index in [0.29, 0.717) is 0 Å². The van der Waals surface area contributed by atoms with Crippen LogP contribution in [0.3, 0.4) is 0 Å². The average Bonchev–Trinajstić information content (AvgIpc) is 1.66. The van der Waals surface area contributed by atoms with E-state index in [0.717, 1.165) is 14.7 Å². The van der Waals surface area contributed by atoms with E-state index in [9.17, 15) is 38.7 Å². The second kappa shape index (κ2) is 36.9. The van der Waals surface area contributed by atoms with Crippen LogP contribution in [-0.2, 0) is 62.2 Å². The van der Waals surface area contributed by atoms with Gasteiger partial charge < -0.3 is 64.8 Å². The van der Waals surface area contributed by atoms with E-state index in [4.69, 9.17) is 9.47 Å². The molecule has 0 aromatic heterocycles. The Hall–Kier alpha value is -7.48. The van der Waals surface area contributed by atoms with E-state index < -0.39 is 174 Å².